The Hall–Kier alpha value is -3.26. The van der Waals surface area contributed by atoms with Crippen molar-refractivity contribution in [1.82, 2.24) is 9.80 Å². The molecule has 0 aliphatic carbocycles. The number of hydrogen-bond acceptors (Lipinski definition) is 6. The first kappa shape index (κ1) is 24.9. The van der Waals surface area contributed by atoms with Crippen molar-refractivity contribution in [2.75, 3.05) is 40.1 Å². The topological polar surface area (TPSA) is 88.5 Å². The number of carbonyl (C=O) groups excluding carboxylic acids is 1. The second kappa shape index (κ2) is 11.0. The van der Waals surface area contributed by atoms with Crippen LogP contribution in [0.5, 0.6) is 17.2 Å². The van der Waals surface area contributed by atoms with Gasteiger partial charge in [0.05, 0.1) is 19.6 Å². The number of carbonyl (C=O) groups is 2. The minimum atomic E-state index is -0.887. The first-order valence-electron chi connectivity index (χ1n) is 12.2. The first-order chi connectivity index (χ1) is 17.0. The predicted molar refractivity (Wildman–Crippen MR) is 131 cm³/mol. The molecule has 0 spiro atoms. The molecule has 4 rings (SSSR count). The summed E-state index contributed by atoms with van der Waals surface area (Å²) in [6.07, 6.45) is 1.76. The fraction of sp³-hybridized carbons (Fsp3) is 0.481. The number of carboxylic acid groups (broad SMARTS) is 1. The number of carboxylic acids is 1. The van der Waals surface area contributed by atoms with Crippen LogP contribution in [-0.2, 0) is 9.59 Å². The lowest BCUT2D eigenvalue weighted by molar-refractivity contribution is -0.144. The Morgan fingerprint density at radius 2 is 1.69 bits per heavy atom. The van der Waals surface area contributed by atoms with Crippen LogP contribution < -0.4 is 14.2 Å². The van der Waals surface area contributed by atoms with E-state index in [4.69, 9.17) is 14.2 Å². The summed E-state index contributed by atoms with van der Waals surface area (Å²) in [5.41, 5.74) is 1.72. The van der Waals surface area contributed by atoms with E-state index in [1.807, 2.05) is 52.3 Å². The smallest absolute Gasteiger partial charge is 0.309 e. The third-order valence-corrected chi connectivity index (χ3v) is 6.84. The summed E-state index contributed by atoms with van der Waals surface area (Å²) in [4.78, 5) is 29.9. The molecule has 2 heterocycles. The van der Waals surface area contributed by atoms with Crippen LogP contribution in [0.25, 0.3) is 0 Å². The number of aliphatic carboxylic acids is 1. The monoisotopic (exact) mass is 482 g/mol. The van der Waals surface area contributed by atoms with E-state index < -0.39 is 17.9 Å². The fourth-order valence-corrected chi connectivity index (χ4v) is 5.25. The third kappa shape index (κ3) is 5.22. The summed E-state index contributed by atoms with van der Waals surface area (Å²) in [7, 11) is 1.60. The predicted octanol–water partition coefficient (Wildman–Crippen LogP) is 3.91. The van der Waals surface area contributed by atoms with E-state index in [1.54, 1.807) is 7.11 Å². The molecule has 8 nitrogen and oxygen atoms in total. The van der Waals surface area contributed by atoms with Gasteiger partial charge in [0.2, 0.25) is 12.7 Å². The molecule has 2 aromatic rings. The second-order valence-corrected chi connectivity index (χ2v) is 9.11. The van der Waals surface area contributed by atoms with Crippen LogP contribution in [0, 0.1) is 5.92 Å². The van der Waals surface area contributed by atoms with Crippen molar-refractivity contribution in [3.8, 4) is 17.2 Å². The van der Waals surface area contributed by atoms with E-state index in [0.717, 1.165) is 24.0 Å². The highest BCUT2D eigenvalue weighted by Crippen LogP contribution is 2.47. The molecular formula is C27H34N2O6. The zero-order valence-electron chi connectivity index (χ0n) is 20.6. The highest BCUT2D eigenvalue weighted by atomic mass is 16.7. The second-order valence-electron chi connectivity index (χ2n) is 9.11. The Labute approximate surface area is 206 Å². The Morgan fingerprint density at radius 1 is 1.03 bits per heavy atom. The van der Waals surface area contributed by atoms with Crippen LogP contribution in [0.4, 0.5) is 0 Å². The molecule has 1 fully saturated rings. The molecule has 0 aromatic heterocycles. The average Bonchev–Trinajstić information content (AvgIpc) is 3.48. The molecule has 0 unspecified atom stereocenters. The lowest BCUT2D eigenvalue weighted by atomic mass is 9.82. The van der Waals surface area contributed by atoms with E-state index >= 15 is 0 Å². The van der Waals surface area contributed by atoms with Crippen LogP contribution >= 0.6 is 0 Å². The van der Waals surface area contributed by atoms with Gasteiger partial charge in [-0.05, 0) is 48.2 Å². The SMILES string of the molecule is CCCN(CCC)C(=O)CN1C[C@H](c2ccc3c(c2)OCO3)[C@@H](C(=O)O)[C@@H]1c1ccc(OC)cc1. The zero-order valence-corrected chi connectivity index (χ0v) is 20.6. The first-order valence-corrected chi connectivity index (χ1v) is 12.2. The minimum Gasteiger partial charge on any atom is -0.497 e. The molecule has 0 radical (unpaired) electrons. The lowest BCUT2D eigenvalue weighted by Crippen LogP contribution is -2.41. The van der Waals surface area contributed by atoms with Crippen LogP contribution in [0.15, 0.2) is 42.5 Å². The number of nitrogens with zero attached hydrogens (tertiary/aromatic N) is 2. The molecule has 8 heteroatoms. The summed E-state index contributed by atoms with van der Waals surface area (Å²) in [5, 5.41) is 10.4. The molecule has 188 valence electrons. The third-order valence-electron chi connectivity index (χ3n) is 6.84. The van der Waals surface area contributed by atoms with E-state index in [9.17, 15) is 14.7 Å². The number of methoxy groups -OCH3 is 1. The Morgan fingerprint density at radius 3 is 2.31 bits per heavy atom. The standard InChI is InChI=1S/C27H34N2O6/c1-4-12-28(13-5-2)24(30)16-29-15-21(19-8-11-22-23(14-19)35-17-34-22)25(27(31)32)26(29)18-6-9-20(33-3)10-7-18/h6-11,14,21,25-26H,4-5,12-13,15-17H2,1-3H3,(H,31,32)/t21-,25-,26+/m1/s1. The van der Waals surface area contributed by atoms with Crippen LogP contribution in [0.1, 0.15) is 49.8 Å². The maximum atomic E-state index is 13.3. The van der Waals surface area contributed by atoms with Crippen molar-refractivity contribution in [1.29, 1.82) is 0 Å². The van der Waals surface area contributed by atoms with Gasteiger partial charge in [-0.25, -0.2) is 0 Å². The van der Waals surface area contributed by atoms with Crippen LogP contribution in [-0.4, -0.2) is 66.9 Å². The van der Waals surface area contributed by atoms with Crippen molar-refractivity contribution in [2.24, 2.45) is 5.92 Å². The molecule has 2 aliphatic heterocycles. The Balaban J connectivity index is 1.70. The van der Waals surface area contributed by atoms with Gasteiger partial charge >= 0.3 is 5.97 Å². The molecule has 35 heavy (non-hydrogen) atoms. The lowest BCUT2D eigenvalue weighted by Gasteiger charge is -2.29. The van der Waals surface area contributed by atoms with Gasteiger partial charge in [-0.3, -0.25) is 14.5 Å². The zero-order chi connectivity index (χ0) is 24.9. The molecule has 1 amide bonds. The van der Waals surface area contributed by atoms with Gasteiger partial charge in [0.1, 0.15) is 5.75 Å². The highest BCUT2D eigenvalue weighted by Gasteiger charge is 2.48. The van der Waals surface area contributed by atoms with Crippen molar-refractivity contribution < 1.29 is 28.9 Å². The molecule has 3 atom stereocenters. The maximum Gasteiger partial charge on any atom is 0.309 e. The summed E-state index contributed by atoms with van der Waals surface area (Å²) >= 11 is 0. The van der Waals surface area contributed by atoms with Crippen LogP contribution in [0.2, 0.25) is 0 Å². The van der Waals surface area contributed by atoms with Gasteiger partial charge in [-0.2, -0.15) is 0 Å². The van der Waals surface area contributed by atoms with E-state index in [0.29, 0.717) is 36.9 Å². The van der Waals surface area contributed by atoms with Gasteiger partial charge in [0.15, 0.2) is 11.5 Å². The molecule has 0 saturated carbocycles. The van der Waals surface area contributed by atoms with Crippen LogP contribution in [0.3, 0.4) is 0 Å². The van der Waals surface area contributed by atoms with Crippen molar-refractivity contribution in [2.45, 2.75) is 38.6 Å². The Kier molecular flexibility index (Phi) is 7.80. The normalized spacial score (nSPS) is 21.2. The number of likely N-dealkylation sites (tertiary alicyclic amines) is 1. The average molecular weight is 483 g/mol. The molecule has 2 aliphatic rings. The fourth-order valence-electron chi connectivity index (χ4n) is 5.25. The number of rotatable bonds is 10. The number of amides is 1. The van der Waals surface area contributed by atoms with Gasteiger partial charge in [-0.15, -0.1) is 0 Å². The summed E-state index contributed by atoms with van der Waals surface area (Å²) < 4.78 is 16.3. The number of hydrogen-bond donors (Lipinski definition) is 1. The summed E-state index contributed by atoms with van der Waals surface area (Å²) in [6, 6.07) is 12.6. The molecule has 1 N–H and O–H groups in total. The Bertz CT molecular complexity index is 1030. The molecular weight excluding hydrogens is 448 g/mol. The minimum absolute atomic E-state index is 0.0303. The number of fused-ring (bicyclic) bond motifs is 1. The van der Waals surface area contributed by atoms with E-state index in [1.165, 1.54) is 0 Å². The van der Waals surface area contributed by atoms with Crippen molar-refractivity contribution >= 4 is 11.9 Å². The molecule has 1 saturated heterocycles. The quantitative estimate of drug-likeness (QED) is 0.549. The van der Waals surface area contributed by atoms with Gasteiger partial charge in [0, 0.05) is 31.6 Å². The van der Waals surface area contributed by atoms with Gasteiger partial charge in [0.25, 0.3) is 0 Å². The largest absolute Gasteiger partial charge is 0.497 e. The van der Waals surface area contributed by atoms with Crippen molar-refractivity contribution in [3.05, 3.63) is 53.6 Å². The summed E-state index contributed by atoms with van der Waals surface area (Å²) in [6.45, 7) is 6.28. The highest BCUT2D eigenvalue weighted by molar-refractivity contribution is 5.79. The maximum absolute atomic E-state index is 13.3. The summed E-state index contributed by atoms with van der Waals surface area (Å²) in [5.74, 6) is 0.0807. The van der Waals surface area contributed by atoms with E-state index in [2.05, 4.69) is 13.8 Å². The van der Waals surface area contributed by atoms with Gasteiger partial charge in [-0.1, -0.05) is 32.0 Å². The van der Waals surface area contributed by atoms with Gasteiger partial charge < -0.3 is 24.2 Å². The van der Waals surface area contributed by atoms with E-state index in [-0.39, 0.29) is 25.2 Å². The number of ether oxygens (including phenoxy) is 3. The number of benzene rings is 2. The molecule has 0 bridgehead atoms. The molecule has 2 aromatic carbocycles. The van der Waals surface area contributed by atoms with Crippen molar-refractivity contribution in [3.63, 3.8) is 0 Å².